The number of halogens is 2. The molecule has 2 atom stereocenters. The summed E-state index contributed by atoms with van der Waals surface area (Å²) in [6.07, 6.45) is 6.99. The number of nitrogens with zero attached hydrogens (tertiary/aromatic N) is 3. The van der Waals surface area contributed by atoms with Crippen LogP contribution in [0.2, 0.25) is 0 Å². The standard InChI is InChI=1S/C22H18F2N4O/c23-14-1-2-18(17(24)11-14)28-20-15-9-12(15)10-16(20)19(27-28)21(29)26-22(5-6-22)13-3-7-25-8-4-13/h1-4,7-8,11-12,15H,5-6,9-10H2,(H,26,29)/t12-,15-/m0/s1. The molecule has 1 N–H and O–H groups in total. The lowest BCUT2D eigenvalue weighted by atomic mass is 10.1. The van der Waals surface area contributed by atoms with E-state index in [4.69, 9.17) is 0 Å². The van der Waals surface area contributed by atoms with Gasteiger partial charge in [-0.1, -0.05) is 0 Å². The molecule has 2 aromatic heterocycles. The number of fused-ring (bicyclic) bond motifs is 3. The quantitative estimate of drug-likeness (QED) is 0.738. The molecule has 1 aromatic carbocycles. The van der Waals surface area contributed by atoms with Crippen LogP contribution in [0.1, 0.15) is 52.5 Å². The van der Waals surface area contributed by atoms with Gasteiger partial charge in [0.15, 0.2) is 11.5 Å². The van der Waals surface area contributed by atoms with E-state index in [0.717, 1.165) is 48.6 Å². The molecule has 3 aliphatic rings. The highest BCUT2D eigenvalue weighted by Crippen LogP contribution is 2.57. The average Bonchev–Trinajstić information content (AvgIpc) is 3.59. The molecule has 29 heavy (non-hydrogen) atoms. The maximum absolute atomic E-state index is 14.5. The number of nitrogens with one attached hydrogen (secondary N) is 1. The molecule has 5 nitrogen and oxygen atoms in total. The number of carbonyl (C=O) groups is 1. The van der Waals surface area contributed by atoms with Gasteiger partial charge in [0.1, 0.15) is 11.5 Å². The fourth-order valence-corrected chi connectivity index (χ4v) is 4.69. The van der Waals surface area contributed by atoms with Crippen LogP contribution in [0.25, 0.3) is 5.69 Å². The van der Waals surface area contributed by atoms with E-state index in [1.165, 1.54) is 16.8 Å². The Hall–Kier alpha value is -3.09. The summed E-state index contributed by atoms with van der Waals surface area (Å²) in [6.45, 7) is 0. The molecule has 146 valence electrons. The number of rotatable bonds is 4. The fourth-order valence-electron chi connectivity index (χ4n) is 4.69. The van der Waals surface area contributed by atoms with Crippen LogP contribution in [0.5, 0.6) is 0 Å². The Labute approximate surface area is 165 Å². The molecule has 1 amide bonds. The highest BCUT2D eigenvalue weighted by atomic mass is 19.1. The van der Waals surface area contributed by atoms with Gasteiger partial charge in [-0.2, -0.15) is 5.10 Å². The van der Waals surface area contributed by atoms with E-state index in [9.17, 15) is 13.6 Å². The molecule has 2 heterocycles. The second-order valence-electron chi connectivity index (χ2n) is 8.30. The Balaban J connectivity index is 1.39. The lowest BCUT2D eigenvalue weighted by Gasteiger charge is -2.17. The van der Waals surface area contributed by atoms with Gasteiger partial charge in [-0.15, -0.1) is 0 Å². The van der Waals surface area contributed by atoms with Crippen molar-refractivity contribution in [1.29, 1.82) is 0 Å². The van der Waals surface area contributed by atoms with Gasteiger partial charge in [0, 0.05) is 29.9 Å². The Bertz CT molecular complexity index is 1150. The predicted molar refractivity (Wildman–Crippen MR) is 101 cm³/mol. The van der Waals surface area contributed by atoms with E-state index in [2.05, 4.69) is 15.4 Å². The van der Waals surface area contributed by atoms with E-state index in [-0.39, 0.29) is 17.1 Å². The summed E-state index contributed by atoms with van der Waals surface area (Å²) in [5.41, 5.74) is 3.00. The van der Waals surface area contributed by atoms with E-state index in [1.807, 2.05) is 12.1 Å². The molecular weight excluding hydrogens is 374 g/mol. The van der Waals surface area contributed by atoms with Crippen LogP contribution in [0.3, 0.4) is 0 Å². The van der Waals surface area contributed by atoms with Crippen molar-refractivity contribution in [2.24, 2.45) is 5.92 Å². The summed E-state index contributed by atoms with van der Waals surface area (Å²) in [5.74, 6) is -0.747. The largest absolute Gasteiger partial charge is 0.341 e. The SMILES string of the molecule is O=C(NC1(c2ccncc2)CC1)c1nn(-c2ccc(F)cc2F)c2c1C[C@@H]1C[C@H]21. The third-order valence-corrected chi connectivity index (χ3v) is 6.45. The Kier molecular flexibility index (Phi) is 3.32. The van der Waals surface area contributed by atoms with Gasteiger partial charge in [0.25, 0.3) is 5.91 Å². The lowest BCUT2D eigenvalue weighted by molar-refractivity contribution is 0.0924. The summed E-state index contributed by atoms with van der Waals surface area (Å²) in [7, 11) is 0. The van der Waals surface area contributed by atoms with Crippen molar-refractivity contribution >= 4 is 5.91 Å². The zero-order valence-electron chi connectivity index (χ0n) is 15.5. The maximum atomic E-state index is 14.5. The second kappa shape index (κ2) is 5.72. The number of carbonyl (C=O) groups excluding carboxylic acids is 1. The minimum absolute atomic E-state index is 0.185. The smallest absolute Gasteiger partial charge is 0.272 e. The van der Waals surface area contributed by atoms with E-state index >= 15 is 0 Å². The zero-order chi connectivity index (χ0) is 19.8. The number of hydrogen-bond acceptors (Lipinski definition) is 3. The molecule has 0 bridgehead atoms. The lowest BCUT2D eigenvalue weighted by Crippen LogP contribution is -2.35. The highest BCUT2D eigenvalue weighted by molar-refractivity contribution is 5.95. The van der Waals surface area contributed by atoms with Crippen molar-refractivity contribution in [1.82, 2.24) is 20.1 Å². The number of benzene rings is 1. The molecule has 2 saturated carbocycles. The van der Waals surface area contributed by atoms with Crippen LogP contribution < -0.4 is 5.32 Å². The number of hydrogen-bond donors (Lipinski definition) is 1. The summed E-state index contributed by atoms with van der Waals surface area (Å²) < 4.78 is 29.3. The molecule has 3 aromatic rings. The monoisotopic (exact) mass is 392 g/mol. The molecule has 0 aliphatic heterocycles. The molecular formula is C22H18F2N4O. The topological polar surface area (TPSA) is 59.8 Å². The zero-order valence-corrected chi connectivity index (χ0v) is 15.5. The van der Waals surface area contributed by atoms with Gasteiger partial charge < -0.3 is 5.32 Å². The van der Waals surface area contributed by atoms with Gasteiger partial charge in [0.05, 0.1) is 11.2 Å². The van der Waals surface area contributed by atoms with E-state index in [0.29, 0.717) is 17.5 Å². The van der Waals surface area contributed by atoms with Gasteiger partial charge >= 0.3 is 0 Å². The van der Waals surface area contributed by atoms with Gasteiger partial charge in [0.2, 0.25) is 0 Å². The Morgan fingerprint density at radius 2 is 1.97 bits per heavy atom. The normalized spacial score (nSPS) is 22.7. The molecule has 7 heteroatoms. The first-order valence-electron chi connectivity index (χ1n) is 9.86. The molecule has 0 saturated heterocycles. The van der Waals surface area contributed by atoms with Crippen LogP contribution in [-0.4, -0.2) is 20.7 Å². The summed E-state index contributed by atoms with van der Waals surface area (Å²) in [5, 5.41) is 7.66. The number of pyridine rings is 1. The first-order chi connectivity index (χ1) is 14.1. The van der Waals surface area contributed by atoms with Crippen molar-refractivity contribution in [2.75, 3.05) is 0 Å². The Morgan fingerprint density at radius 3 is 2.69 bits per heavy atom. The van der Waals surface area contributed by atoms with Crippen LogP contribution in [0, 0.1) is 17.6 Å². The summed E-state index contributed by atoms with van der Waals surface area (Å²) in [4.78, 5) is 17.2. The predicted octanol–water partition coefficient (Wildman–Crippen LogP) is 3.62. The molecule has 6 rings (SSSR count). The fraction of sp³-hybridized carbons (Fsp3) is 0.318. The molecule has 0 unspecified atom stereocenters. The van der Waals surface area contributed by atoms with Gasteiger partial charge in [-0.3, -0.25) is 9.78 Å². The van der Waals surface area contributed by atoms with E-state index in [1.54, 1.807) is 12.4 Å². The highest BCUT2D eigenvalue weighted by Gasteiger charge is 2.51. The first-order valence-corrected chi connectivity index (χ1v) is 9.86. The first kappa shape index (κ1) is 16.8. The van der Waals surface area contributed by atoms with Crippen molar-refractivity contribution in [3.8, 4) is 5.69 Å². The molecule has 0 radical (unpaired) electrons. The third kappa shape index (κ3) is 2.53. The minimum Gasteiger partial charge on any atom is -0.341 e. The molecule has 2 fully saturated rings. The molecule has 3 aliphatic carbocycles. The minimum atomic E-state index is -0.679. The maximum Gasteiger partial charge on any atom is 0.272 e. The van der Waals surface area contributed by atoms with Crippen molar-refractivity contribution in [3.63, 3.8) is 0 Å². The van der Waals surface area contributed by atoms with Crippen LogP contribution in [0.15, 0.2) is 42.7 Å². The van der Waals surface area contributed by atoms with Crippen LogP contribution in [-0.2, 0) is 12.0 Å². The van der Waals surface area contributed by atoms with Crippen LogP contribution in [0.4, 0.5) is 8.78 Å². The Morgan fingerprint density at radius 1 is 1.17 bits per heavy atom. The average molecular weight is 392 g/mol. The summed E-state index contributed by atoms with van der Waals surface area (Å²) >= 11 is 0. The van der Waals surface area contributed by atoms with Crippen LogP contribution >= 0.6 is 0 Å². The summed E-state index contributed by atoms with van der Waals surface area (Å²) in [6, 6.07) is 7.28. The van der Waals surface area contributed by atoms with Crippen molar-refractivity contribution < 1.29 is 13.6 Å². The van der Waals surface area contributed by atoms with Gasteiger partial charge in [-0.05, 0) is 61.4 Å². The number of aromatic nitrogens is 3. The molecule has 0 spiro atoms. The van der Waals surface area contributed by atoms with E-state index < -0.39 is 11.6 Å². The number of amides is 1. The van der Waals surface area contributed by atoms with Gasteiger partial charge in [-0.25, -0.2) is 13.5 Å². The van der Waals surface area contributed by atoms with Crippen molar-refractivity contribution in [3.05, 3.63) is 76.9 Å². The van der Waals surface area contributed by atoms with Crippen molar-refractivity contribution in [2.45, 2.75) is 37.1 Å². The third-order valence-electron chi connectivity index (χ3n) is 6.45. The second-order valence-corrected chi connectivity index (χ2v) is 8.30.